The van der Waals surface area contributed by atoms with E-state index in [1.54, 1.807) is 35.9 Å². The summed E-state index contributed by atoms with van der Waals surface area (Å²) in [6.07, 6.45) is 8.44. The number of anilines is 1. The lowest BCUT2D eigenvalue weighted by Crippen LogP contribution is -2.13. The number of nitrogens with zero attached hydrogens (tertiary/aromatic N) is 4. The van der Waals surface area contributed by atoms with Crippen molar-refractivity contribution in [1.82, 2.24) is 19.9 Å². The van der Waals surface area contributed by atoms with Gasteiger partial charge in [-0.25, -0.2) is 9.97 Å². The highest BCUT2D eigenvalue weighted by Gasteiger charge is 2.09. The quantitative estimate of drug-likeness (QED) is 0.611. The van der Waals surface area contributed by atoms with Gasteiger partial charge < -0.3 is 5.32 Å². The lowest BCUT2D eigenvalue weighted by atomic mass is 10.2. The van der Waals surface area contributed by atoms with E-state index in [1.165, 1.54) is 6.20 Å². The van der Waals surface area contributed by atoms with Crippen molar-refractivity contribution in [1.29, 1.82) is 0 Å². The van der Waals surface area contributed by atoms with Gasteiger partial charge in [0, 0.05) is 35.7 Å². The number of fused-ring (bicyclic) bond motifs is 1. The number of aryl methyl sites for hydroxylation is 1. The largest absolute Gasteiger partial charge is 0.306 e. The molecule has 0 fully saturated rings. The van der Waals surface area contributed by atoms with Crippen molar-refractivity contribution in [2.75, 3.05) is 5.32 Å². The van der Waals surface area contributed by atoms with Crippen molar-refractivity contribution in [2.24, 2.45) is 0 Å². The number of nitrogens with one attached hydrogen (secondary N) is 1. The zero-order valence-electron chi connectivity index (χ0n) is 13.3. The van der Waals surface area contributed by atoms with Crippen LogP contribution in [-0.2, 0) is 0 Å². The Labute approximate surface area is 147 Å². The minimum atomic E-state index is -0.248. The van der Waals surface area contributed by atoms with E-state index in [9.17, 15) is 4.79 Å². The molecule has 1 amide bonds. The van der Waals surface area contributed by atoms with Gasteiger partial charge in [0.05, 0.1) is 27.2 Å². The van der Waals surface area contributed by atoms with E-state index in [2.05, 4.69) is 25.3 Å². The number of hydrogen-bond acceptors (Lipinski definition) is 6. The normalized spacial score (nSPS) is 10.8. The molecule has 6 nitrogen and oxygen atoms in total. The molecule has 0 saturated carbocycles. The number of aromatic nitrogens is 4. The van der Waals surface area contributed by atoms with E-state index in [4.69, 9.17) is 0 Å². The Morgan fingerprint density at radius 2 is 2.00 bits per heavy atom. The summed E-state index contributed by atoms with van der Waals surface area (Å²) in [6.45, 7) is 1.97. The van der Waals surface area contributed by atoms with Crippen LogP contribution in [0, 0.1) is 6.92 Å². The number of carbonyl (C=O) groups is 1. The predicted molar refractivity (Wildman–Crippen MR) is 97.6 cm³/mol. The van der Waals surface area contributed by atoms with Crippen molar-refractivity contribution < 1.29 is 4.79 Å². The smallest absolute Gasteiger partial charge is 0.258 e. The molecular formula is C18H13N5OS. The molecule has 0 radical (unpaired) electrons. The molecule has 0 aliphatic carbocycles. The molecule has 7 heteroatoms. The molecule has 0 unspecified atom stereocenters. The first kappa shape index (κ1) is 15.3. The van der Waals surface area contributed by atoms with Crippen LogP contribution in [0.5, 0.6) is 0 Å². The second-order valence-corrected chi connectivity index (χ2v) is 6.66. The van der Waals surface area contributed by atoms with Crippen molar-refractivity contribution in [3.8, 4) is 10.4 Å². The highest BCUT2D eigenvalue weighted by Crippen LogP contribution is 2.28. The van der Waals surface area contributed by atoms with E-state index >= 15 is 0 Å². The lowest BCUT2D eigenvalue weighted by molar-refractivity contribution is 0.102. The average Bonchev–Trinajstić information content (AvgIpc) is 3.08. The summed E-state index contributed by atoms with van der Waals surface area (Å²) in [5, 5.41) is 4.70. The average molecular weight is 347 g/mol. The molecule has 4 rings (SSSR count). The molecule has 0 aliphatic heterocycles. The molecule has 0 spiro atoms. The number of hydrogen-bond donors (Lipinski definition) is 1. The number of carbonyl (C=O) groups excluding carboxylic acids is 1. The van der Waals surface area contributed by atoms with Crippen LogP contribution in [0.3, 0.4) is 0 Å². The highest BCUT2D eigenvalue weighted by atomic mass is 32.1. The van der Waals surface area contributed by atoms with Gasteiger partial charge in [-0.15, -0.1) is 11.3 Å². The summed E-state index contributed by atoms with van der Waals surface area (Å²) in [5.74, 6) is 0.225. The molecule has 0 saturated heterocycles. The van der Waals surface area contributed by atoms with Gasteiger partial charge in [0.1, 0.15) is 5.82 Å². The fraction of sp³-hybridized carbons (Fsp3) is 0.0556. The van der Waals surface area contributed by atoms with Crippen LogP contribution in [0.4, 0.5) is 5.82 Å². The third-order valence-electron chi connectivity index (χ3n) is 3.64. The maximum absolute atomic E-state index is 12.2. The van der Waals surface area contributed by atoms with Crippen molar-refractivity contribution >= 4 is 34.0 Å². The maximum atomic E-state index is 12.2. The summed E-state index contributed by atoms with van der Waals surface area (Å²) in [4.78, 5) is 30.2. The summed E-state index contributed by atoms with van der Waals surface area (Å²) >= 11 is 1.62. The van der Waals surface area contributed by atoms with Crippen molar-refractivity contribution in [3.63, 3.8) is 0 Å². The number of pyridine rings is 3. The monoisotopic (exact) mass is 347 g/mol. The van der Waals surface area contributed by atoms with Crippen molar-refractivity contribution in [2.45, 2.75) is 6.92 Å². The first-order valence-corrected chi connectivity index (χ1v) is 8.41. The van der Waals surface area contributed by atoms with Gasteiger partial charge in [0.25, 0.3) is 5.91 Å². The van der Waals surface area contributed by atoms with Crippen LogP contribution in [-0.4, -0.2) is 25.8 Å². The van der Waals surface area contributed by atoms with Gasteiger partial charge in [0.15, 0.2) is 0 Å². The van der Waals surface area contributed by atoms with Crippen LogP contribution < -0.4 is 5.32 Å². The number of thiazole rings is 1. The predicted octanol–water partition coefficient (Wildman–Crippen LogP) is 3.71. The lowest BCUT2D eigenvalue weighted by Gasteiger charge is -2.06. The Balaban J connectivity index is 1.66. The molecule has 0 bridgehead atoms. The molecule has 4 aromatic heterocycles. The van der Waals surface area contributed by atoms with Crippen LogP contribution in [0.2, 0.25) is 0 Å². The second-order valence-electron chi connectivity index (χ2n) is 5.43. The Hall–Kier alpha value is -3.19. The first-order chi connectivity index (χ1) is 12.2. The van der Waals surface area contributed by atoms with Crippen LogP contribution in [0.1, 0.15) is 15.4 Å². The van der Waals surface area contributed by atoms with Crippen molar-refractivity contribution in [3.05, 3.63) is 65.8 Å². The Kier molecular flexibility index (Phi) is 3.91. The summed E-state index contributed by atoms with van der Waals surface area (Å²) in [5.41, 5.74) is 2.25. The van der Waals surface area contributed by atoms with Crippen LogP contribution >= 0.6 is 11.3 Å². The fourth-order valence-corrected chi connectivity index (χ4v) is 3.17. The van der Waals surface area contributed by atoms with Crippen LogP contribution in [0.15, 0.2) is 55.2 Å². The third-order valence-corrected chi connectivity index (χ3v) is 4.60. The van der Waals surface area contributed by atoms with Gasteiger partial charge in [-0.1, -0.05) is 0 Å². The Morgan fingerprint density at radius 1 is 1.08 bits per heavy atom. The standard InChI is InChI=1S/C18H13N5OS/c1-11-20-10-16(25-11)14-5-13-6-17(22-9-15(13)21-8-14)23-18(24)12-3-2-4-19-7-12/h2-10H,1H3,(H,22,23,24). The highest BCUT2D eigenvalue weighted by molar-refractivity contribution is 7.15. The Bertz CT molecular complexity index is 1060. The third kappa shape index (κ3) is 3.22. The van der Waals surface area contributed by atoms with Gasteiger partial charge in [-0.05, 0) is 31.2 Å². The maximum Gasteiger partial charge on any atom is 0.258 e. The SMILES string of the molecule is Cc1ncc(-c2cnc3cnc(NC(=O)c4cccnc4)cc3c2)s1. The second kappa shape index (κ2) is 6.37. The van der Waals surface area contributed by atoms with Gasteiger partial charge >= 0.3 is 0 Å². The molecule has 0 aliphatic rings. The summed E-state index contributed by atoms with van der Waals surface area (Å²) < 4.78 is 0. The first-order valence-electron chi connectivity index (χ1n) is 7.59. The zero-order valence-corrected chi connectivity index (χ0v) is 14.1. The molecule has 0 atom stereocenters. The minimum Gasteiger partial charge on any atom is -0.306 e. The van der Waals surface area contributed by atoms with E-state index in [0.29, 0.717) is 11.4 Å². The molecule has 4 heterocycles. The fourth-order valence-electron chi connectivity index (χ4n) is 2.41. The molecule has 122 valence electrons. The van der Waals surface area contributed by atoms with Gasteiger partial charge in [0.2, 0.25) is 0 Å². The number of rotatable bonds is 3. The molecule has 25 heavy (non-hydrogen) atoms. The van der Waals surface area contributed by atoms with Gasteiger partial charge in [-0.3, -0.25) is 14.8 Å². The van der Waals surface area contributed by atoms with E-state index in [0.717, 1.165) is 26.4 Å². The van der Waals surface area contributed by atoms with E-state index in [-0.39, 0.29) is 5.91 Å². The number of amides is 1. The van der Waals surface area contributed by atoms with E-state index in [1.807, 2.05) is 31.5 Å². The summed E-state index contributed by atoms with van der Waals surface area (Å²) in [6, 6.07) is 7.26. The van der Waals surface area contributed by atoms with Crippen LogP contribution in [0.25, 0.3) is 21.3 Å². The topological polar surface area (TPSA) is 80.7 Å². The molecular weight excluding hydrogens is 334 g/mol. The Morgan fingerprint density at radius 3 is 2.76 bits per heavy atom. The minimum absolute atomic E-state index is 0.248. The summed E-state index contributed by atoms with van der Waals surface area (Å²) in [7, 11) is 0. The molecule has 4 aromatic rings. The van der Waals surface area contributed by atoms with E-state index < -0.39 is 0 Å². The van der Waals surface area contributed by atoms with Gasteiger partial charge in [-0.2, -0.15) is 0 Å². The molecule has 1 N–H and O–H groups in total. The molecule has 0 aromatic carbocycles. The zero-order chi connectivity index (χ0) is 17.2.